The van der Waals surface area contributed by atoms with Crippen LogP contribution in [0.5, 0.6) is 0 Å². The molecule has 3 aromatic rings. The third-order valence-corrected chi connectivity index (χ3v) is 5.95. The van der Waals surface area contributed by atoms with Crippen LogP contribution in [0.3, 0.4) is 0 Å². The first-order chi connectivity index (χ1) is 15.9. The number of hydrogen-bond donors (Lipinski definition) is 0. The molecule has 14 heteroatoms. The summed E-state index contributed by atoms with van der Waals surface area (Å²) < 4.78 is 82.7. The number of amides is 1. The molecular formula is C20H16F6N6OS. The highest BCUT2D eigenvalue weighted by molar-refractivity contribution is 7.09. The van der Waals surface area contributed by atoms with E-state index in [9.17, 15) is 31.1 Å². The van der Waals surface area contributed by atoms with Crippen molar-refractivity contribution in [2.75, 3.05) is 31.1 Å². The topological polar surface area (TPSA) is 75.1 Å². The van der Waals surface area contributed by atoms with Gasteiger partial charge >= 0.3 is 12.4 Å². The van der Waals surface area contributed by atoms with E-state index in [2.05, 4.69) is 19.6 Å². The number of alkyl halides is 6. The van der Waals surface area contributed by atoms with E-state index in [0.717, 1.165) is 0 Å². The Bertz CT molecular complexity index is 1150. The van der Waals surface area contributed by atoms with Crippen molar-refractivity contribution in [3.8, 4) is 10.7 Å². The maximum absolute atomic E-state index is 13.1. The van der Waals surface area contributed by atoms with Gasteiger partial charge in [0.1, 0.15) is 11.5 Å². The fourth-order valence-corrected chi connectivity index (χ4v) is 4.04. The van der Waals surface area contributed by atoms with E-state index in [4.69, 9.17) is 0 Å². The van der Waals surface area contributed by atoms with Gasteiger partial charge in [0.25, 0.3) is 5.91 Å². The van der Waals surface area contributed by atoms with Crippen LogP contribution in [-0.2, 0) is 12.4 Å². The first-order valence-electron chi connectivity index (χ1n) is 9.90. The zero-order chi connectivity index (χ0) is 24.7. The quantitative estimate of drug-likeness (QED) is 0.497. The molecule has 0 bridgehead atoms. The normalized spacial score (nSPS) is 15.0. The zero-order valence-corrected chi connectivity index (χ0v) is 18.3. The summed E-state index contributed by atoms with van der Waals surface area (Å²) in [5.41, 5.74) is -3.16. The Balaban J connectivity index is 1.46. The van der Waals surface area contributed by atoms with Crippen molar-refractivity contribution in [2.45, 2.75) is 19.3 Å². The Morgan fingerprint density at radius 1 is 0.912 bits per heavy atom. The average molecular weight is 502 g/mol. The van der Waals surface area contributed by atoms with Crippen molar-refractivity contribution < 1.29 is 31.1 Å². The Morgan fingerprint density at radius 2 is 1.53 bits per heavy atom. The van der Waals surface area contributed by atoms with Gasteiger partial charge in [0.15, 0.2) is 10.8 Å². The second kappa shape index (κ2) is 8.81. The summed E-state index contributed by atoms with van der Waals surface area (Å²) in [6, 6.07) is 4.34. The van der Waals surface area contributed by atoms with Crippen LogP contribution in [0.15, 0.2) is 30.3 Å². The van der Waals surface area contributed by atoms with E-state index >= 15 is 0 Å². The number of nitrogens with zero attached hydrogens (tertiary/aromatic N) is 6. The molecule has 180 valence electrons. The SMILES string of the molecule is Cc1nsc(-c2ccc(N3CCN(C(=O)c4cc(C(F)(F)F)cc(C(F)(F)F)c4)CC3)nn2)n1. The van der Waals surface area contributed by atoms with Crippen molar-refractivity contribution in [3.63, 3.8) is 0 Å². The molecule has 0 N–H and O–H groups in total. The van der Waals surface area contributed by atoms with Gasteiger partial charge in [-0.15, -0.1) is 10.2 Å². The molecule has 0 saturated carbocycles. The zero-order valence-electron chi connectivity index (χ0n) is 17.5. The molecule has 1 aliphatic rings. The van der Waals surface area contributed by atoms with Crippen molar-refractivity contribution in [3.05, 3.63) is 52.8 Å². The summed E-state index contributed by atoms with van der Waals surface area (Å²) in [4.78, 5) is 20.0. The van der Waals surface area contributed by atoms with Crippen molar-refractivity contribution in [2.24, 2.45) is 0 Å². The van der Waals surface area contributed by atoms with Gasteiger partial charge in [-0.05, 0) is 48.8 Å². The lowest BCUT2D eigenvalue weighted by molar-refractivity contribution is -0.143. The number of aryl methyl sites for hydroxylation is 1. The first kappa shape index (κ1) is 23.9. The van der Waals surface area contributed by atoms with Crippen molar-refractivity contribution in [1.29, 1.82) is 0 Å². The van der Waals surface area contributed by atoms with E-state index in [0.29, 0.717) is 34.5 Å². The Kier molecular flexibility index (Phi) is 6.18. The van der Waals surface area contributed by atoms with Crippen LogP contribution in [0.1, 0.15) is 27.3 Å². The van der Waals surface area contributed by atoms with Crippen LogP contribution in [0.2, 0.25) is 0 Å². The summed E-state index contributed by atoms with van der Waals surface area (Å²) in [5.74, 6) is 0.245. The van der Waals surface area contributed by atoms with Crippen LogP contribution in [0.4, 0.5) is 32.2 Å². The number of hydrogen-bond acceptors (Lipinski definition) is 7. The number of aromatic nitrogens is 4. The third kappa shape index (κ3) is 5.11. The highest BCUT2D eigenvalue weighted by Crippen LogP contribution is 2.36. The number of carbonyl (C=O) groups excluding carboxylic acids is 1. The minimum Gasteiger partial charge on any atom is -0.352 e. The summed E-state index contributed by atoms with van der Waals surface area (Å²) in [6.07, 6.45) is -10.0. The van der Waals surface area contributed by atoms with Crippen LogP contribution in [-0.4, -0.2) is 56.5 Å². The predicted molar refractivity (Wildman–Crippen MR) is 110 cm³/mol. The van der Waals surface area contributed by atoms with Gasteiger partial charge in [-0.2, -0.15) is 30.7 Å². The lowest BCUT2D eigenvalue weighted by Gasteiger charge is -2.35. The lowest BCUT2D eigenvalue weighted by atomic mass is 10.0. The average Bonchev–Trinajstić information content (AvgIpc) is 3.23. The molecule has 1 fully saturated rings. The number of carbonyl (C=O) groups is 1. The number of benzene rings is 1. The summed E-state index contributed by atoms with van der Waals surface area (Å²) in [6.45, 7) is 2.50. The second-order valence-corrected chi connectivity index (χ2v) is 8.25. The molecule has 0 unspecified atom stereocenters. The van der Waals surface area contributed by atoms with Crippen LogP contribution in [0, 0.1) is 6.92 Å². The molecule has 34 heavy (non-hydrogen) atoms. The number of anilines is 1. The number of rotatable bonds is 3. The van der Waals surface area contributed by atoms with Gasteiger partial charge in [-0.3, -0.25) is 4.79 Å². The standard InChI is InChI=1S/C20H16F6N6OS/c1-11-27-17(34-30-11)15-2-3-16(29-28-15)31-4-6-32(7-5-31)18(33)12-8-13(19(21,22)23)10-14(9-12)20(24,25)26/h2-3,8-10H,4-7H2,1H3. The molecule has 0 aliphatic carbocycles. The van der Waals surface area contributed by atoms with Crippen molar-refractivity contribution in [1.82, 2.24) is 24.5 Å². The smallest absolute Gasteiger partial charge is 0.352 e. The summed E-state index contributed by atoms with van der Waals surface area (Å²) in [7, 11) is 0. The van der Waals surface area contributed by atoms with Crippen LogP contribution >= 0.6 is 11.5 Å². The Labute approximate surface area is 193 Å². The molecule has 3 heterocycles. The Hall–Kier alpha value is -3.29. The minimum atomic E-state index is -5.02. The molecule has 1 aromatic carbocycles. The first-order valence-corrected chi connectivity index (χ1v) is 10.7. The summed E-state index contributed by atoms with van der Waals surface area (Å²) >= 11 is 1.19. The molecule has 1 amide bonds. The molecule has 1 saturated heterocycles. The molecule has 2 aromatic heterocycles. The molecule has 1 aliphatic heterocycles. The monoisotopic (exact) mass is 502 g/mol. The van der Waals surface area contributed by atoms with Gasteiger partial charge in [-0.1, -0.05) is 0 Å². The van der Waals surface area contributed by atoms with Gasteiger partial charge in [0, 0.05) is 31.7 Å². The van der Waals surface area contributed by atoms with E-state index in [-0.39, 0.29) is 32.2 Å². The van der Waals surface area contributed by atoms with Crippen molar-refractivity contribution >= 4 is 23.3 Å². The third-order valence-electron chi connectivity index (χ3n) is 5.12. The van der Waals surface area contributed by atoms with E-state index in [1.807, 2.05) is 4.90 Å². The summed E-state index contributed by atoms with van der Waals surface area (Å²) in [5, 5.41) is 8.90. The van der Waals surface area contributed by atoms with E-state index in [1.54, 1.807) is 19.1 Å². The maximum atomic E-state index is 13.1. The van der Waals surface area contributed by atoms with Gasteiger partial charge < -0.3 is 9.80 Å². The van der Waals surface area contributed by atoms with Gasteiger partial charge in [0.2, 0.25) is 0 Å². The number of piperazine rings is 1. The number of halogens is 6. The van der Waals surface area contributed by atoms with Gasteiger partial charge in [-0.25, -0.2) is 4.98 Å². The molecule has 7 nitrogen and oxygen atoms in total. The fourth-order valence-electron chi connectivity index (χ4n) is 3.41. The predicted octanol–water partition coefficient (Wildman–Crippen LogP) is 4.30. The van der Waals surface area contributed by atoms with E-state index < -0.39 is 35.0 Å². The van der Waals surface area contributed by atoms with E-state index in [1.165, 1.54) is 16.4 Å². The molecule has 0 atom stereocenters. The highest BCUT2D eigenvalue weighted by Gasteiger charge is 2.38. The highest BCUT2D eigenvalue weighted by atomic mass is 32.1. The second-order valence-electron chi connectivity index (χ2n) is 7.50. The molecule has 0 spiro atoms. The Morgan fingerprint density at radius 3 is 2.00 bits per heavy atom. The van der Waals surface area contributed by atoms with Crippen LogP contribution < -0.4 is 4.90 Å². The molecular weight excluding hydrogens is 486 g/mol. The fraction of sp³-hybridized carbons (Fsp3) is 0.350. The molecule has 4 rings (SSSR count). The lowest BCUT2D eigenvalue weighted by Crippen LogP contribution is -2.49. The van der Waals surface area contributed by atoms with Gasteiger partial charge in [0.05, 0.1) is 11.1 Å². The molecule has 0 radical (unpaired) electrons. The van der Waals surface area contributed by atoms with Crippen LogP contribution in [0.25, 0.3) is 10.7 Å². The minimum absolute atomic E-state index is 0.000134. The largest absolute Gasteiger partial charge is 0.416 e. The maximum Gasteiger partial charge on any atom is 0.416 e.